The normalized spacial score (nSPS) is 10.3. The molecule has 0 N–H and O–H groups in total. The molecule has 1 aromatic rings. The molecule has 0 aliphatic heterocycles. The van der Waals surface area contributed by atoms with E-state index in [1.807, 2.05) is 12.1 Å². The third-order valence-electron chi connectivity index (χ3n) is 2.13. The number of hydrogen-bond donors (Lipinski definition) is 0. The minimum Gasteiger partial charge on any atom is -0.207 e. The van der Waals surface area contributed by atoms with Crippen molar-refractivity contribution in [3.8, 4) is 0 Å². The van der Waals surface area contributed by atoms with Crippen LogP contribution in [0.15, 0.2) is 24.3 Å². The van der Waals surface area contributed by atoms with Gasteiger partial charge in [0.1, 0.15) is 5.82 Å². The Hall–Kier alpha value is -0.850. The Morgan fingerprint density at radius 2 is 1.69 bits per heavy atom. The van der Waals surface area contributed by atoms with Gasteiger partial charge < -0.3 is 0 Å². The van der Waals surface area contributed by atoms with Crippen molar-refractivity contribution in [2.24, 2.45) is 0 Å². The van der Waals surface area contributed by atoms with Crippen molar-refractivity contribution < 1.29 is 4.39 Å². The highest BCUT2D eigenvalue weighted by molar-refractivity contribution is 5.15. The third kappa shape index (κ3) is 4.07. The van der Waals surface area contributed by atoms with Gasteiger partial charge in [0.05, 0.1) is 0 Å². The Morgan fingerprint density at radius 3 is 2.31 bits per heavy atom. The lowest BCUT2D eigenvalue weighted by Crippen LogP contribution is -1.85. The van der Waals surface area contributed by atoms with Crippen LogP contribution in [-0.2, 0) is 6.42 Å². The second-order valence-corrected chi connectivity index (χ2v) is 3.29. The SMILES string of the molecule is [CH2]CCCCCc1ccc(F)cc1. The van der Waals surface area contributed by atoms with Crippen LogP contribution in [0.3, 0.4) is 0 Å². The summed E-state index contributed by atoms with van der Waals surface area (Å²) >= 11 is 0. The summed E-state index contributed by atoms with van der Waals surface area (Å²) in [5.74, 6) is -0.151. The van der Waals surface area contributed by atoms with Crippen molar-refractivity contribution in [2.75, 3.05) is 0 Å². The highest BCUT2D eigenvalue weighted by Gasteiger charge is 1.93. The van der Waals surface area contributed by atoms with Crippen molar-refractivity contribution in [3.05, 3.63) is 42.6 Å². The van der Waals surface area contributed by atoms with E-state index in [2.05, 4.69) is 6.92 Å². The van der Waals surface area contributed by atoms with Gasteiger partial charge in [-0.25, -0.2) is 4.39 Å². The molecular formula is C12H16F. The molecular weight excluding hydrogens is 163 g/mol. The van der Waals surface area contributed by atoms with Crippen molar-refractivity contribution >= 4 is 0 Å². The molecule has 0 spiro atoms. The van der Waals surface area contributed by atoms with Crippen LogP contribution in [0.4, 0.5) is 4.39 Å². The number of halogens is 1. The van der Waals surface area contributed by atoms with Crippen LogP contribution in [0.25, 0.3) is 0 Å². The Labute approximate surface area is 79.8 Å². The average molecular weight is 179 g/mol. The molecule has 1 rings (SSSR count). The molecule has 0 amide bonds. The molecule has 1 heteroatoms. The maximum atomic E-state index is 12.5. The number of benzene rings is 1. The van der Waals surface area contributed by atoms with Crippen LogP contribution >= 0.6 is 0 Å². The van der Waals surface area contributed by atoms with Gasteiger partial charge >= 0.3 is 0 Å². The lowest BCUT2D eigenvalue weighted by molar-refractivity contribution is 0.625. The largest absolute Gasteiger partial charge is 0.207 e. The smallest absolute Gasteiger partial charge is 0.123 e. The van der Waals surface area contributed by atoms with Crippen LogP contribution < -0.4 is 0 Å². The van der Waals surface area contributed by atoms with Crippen molar-refractivity contribution in [1.82, 2.24) is 0 Å². The van der Waals surface area contributed by atoms with Gasteiger partial charge in [0.25, 0.3) is 0 Å². The van der Waals surface area contributed by atoms with E-state index in [0.717, 1.165) is 12.8 Å². The number of aryl methyl sites for hydroxylation is 1. The molecule has 0 nitrogen and oxygen atoms in total. The van der Waals surface area contributed by atoms with Crippen LogP contribution in [-0.4, -0.2) is 0 Å². The Kier molecular flexibility index (Phi) is 4.52. The van der Waals surface area contributed by atoms with Crippen LogP contribution in [0.5, 0.6) is 0 Å². The van der Waals surface area contributed by atoms with Gasteiger partial charge in [-0.1, -0.05) is 38.3 Å². The zero-order valence-electron chi connectivity index (χ0n) is 7.93. The molecule has 0 aromatic heterocycles. The summed E-state index contributed by atoms with van der Waals surface area (Å²) in [4.78, 5) is 0. The van der Waals surface area contributed by atoms with Gasteiger partial charge in [0.2, 0.25) is 0 Å². The quantitative estimate of drug-likeness (QED) is 0.604. The number of unbranched alkanes of at least 4 members (excludes halogenated alkanes) is 3. The van der Waals surface area contributed by atoms with Crippen LogP contribution in [0.2, 0.25) is 0 Å². The van der Waals surface area contributed by atoms with Gasteiger partial charge in [-0.3, -0.25) is 0 Å². The minimum atomic E-state index is -0.151. The van der Waals surface area contributed by atoms with Crippen LogP contribution in [0, 0.1) is 12.7 Å². The second-order valence-electron chi connectivity index (χ2n) is 3.29. The summed E-state index contributed by atoms with van der Waals surface area (Å²) in [6.07, 6.45) is 5.67. The summed E-state index contributed by atoms with van der Waals surface area (Å²) in [5.41, 5.74) is 1.23. The van der Waals surface area contributed by atoms with Gasteiger partial charge in [-0.2, -0.15) is 0 Å². The molecule has 0 saturated carbocycles. The fourth-order valence-electron chi connectivity index (χ4n) is 1.33. The van der Waals surface area contributed by atoms with E-state index in [0.29, 0.717) is 0 Å². The van der Waals surface area contributed by atoms with Gasteiger partial charge in [0, 0.05) is 0 Å². The van der Waals surface area contributed by atoms with Gasteiger partial charge in [-0.15, -0.1) is 0 Å². The molecule has 1 radical (unpaired) electrons. The summed E-state index contributed by atoms with van der Waals surface area (Å²) in [7, 11) is 0. The molecule has 0 heterocycles. The van der Waals surface area contributed by atoms with Crippen LogP contribution in [0.1, 0.15) is 31.2 Å². The average Bonchev–Trinajstić information content (AvgIpc) is 2.15. The predicted octanol–water partition coefficient (Wildman–Crippen LogP) is 3.76. The molecule has 0 aliphatic carbocycles. The van der Waals surface area contributed by atoms with Crippen molar-refractivity contribution in [3.63, 3.8) is 0 Å². The summed E-state index contributed by atoms with van der Waals surface area (Å²) in [5, 5.41) is 0. The summed E-state index contributed by atoms with van der Waals surface area (Å²) in [6, 6.07) is 6.77. The maximum absolute atomic E-state index is 12.5. The fraction of sp³-hybridized carbons (Fsp3) is 0.417. The first kappa shape index (κ1) is 10.2. The zero-order valence-corrected chi connectivity index (χ0v) is 7.93. The predicted molar refractivity (Wildman–Crippen MR) is 53.9 cm³/mol. The Bertz CT molecular complexity index is 225. The lowest BCUT2D eigenvalue weighted by Gasteiger charge is -2.00. The van der Waals surface area contributed by atoms with Gasteiger partial charge in [-0.05, 0) is 30.5 Å². The van der Waals surface area contributed by atoms with E-state index in [1.165, 1.54) is 37.0 Å². The molecule has 0 bridgehead atoms. The molecule has 0 atom stereocenters. The number of rotatable bonds is 5. The molecule has 13 heavy (non-hydrogen) atoms. The second kappa shape index (κ2) is 5.74. The zero-order chi connectivity index (χ0) is 9.52. The van der Waals surface area contributed by atoms with Crippen molar-refractivity contribution in [2.45, 2.75) is 32.1 Å². The molecule has 71 valence electrons. The first-order chi connectivity index (χ1) is 6.33. The first-order valence-corrected chi connectivity index (χ1v) is 4.86. The fourth-order valence-corrected chi connectivity index (χ4v) is 1.33. The monoisotopic (exact) mass is 179 g/mol. The van der Waals surface area contributed by atoms with E-state index < -0.39 is 0 Å². The highest BCUT2D eigenvalue weighted by atomic mass is 19.1. The highest BCUT2D eigenvalue weighted by Crippen LogP contribution is 2.08. The van der Waals surface area contributed by atoms with Gasteiger partial charge in [0.15, 0.2) is 0 Å². The Balaban J connectivity index is 2.25. The Morgan fingerprint density at radius 1 is 1.00 bits per heavy atom. The van der Waals surface area contributed by atoms with E-state index in [9.17, 15) is 4.39 Å². The van der Waals surface area contributed by atoms with E-state index in [1.54, 1.807) is 0 Å². The third-order valence-corrected chi connectivity index (χ3v) is 2.13. The van der Waals surface area contributed by atoms with E-state index >= 15 is 0 Å². The summed E-state index contributed by atoms with van der Waals surface area (Å²) in [6.45, 7) is 3.79. The first-order valence-electron chi connectivity index (χ1n) is 4.86. The maximum Gasteiger partial charge on any atom is 0.123 e. The summed E-state index contributed by atoms with van der Waals surface area (Å²) < 4.78 is 12.5. The lowest BCUT2D eigenvalue weighted by atomic mass is 10.1. The molecule has 0 fully saturated rings. The van der Waals surface area contributed by atoms with Crippen molar-refractivity contribution in [1.29, 1.82) is 0 Å². The molecule has 0 saturated heterocycles. The molecule has 0 aliphatic rings. The van der Waals surface area contributed by atoms with E-state index in [-0.39, 0.29) is 5.82 Å². The standard InChI is InChI=1S/C12H16F/c1-2-3-4-5-6-11-7-9-12(13)10-8-11/h7-10H,1-6H2. The minimum absolute atomic E-state index is 0.151. The molecule has 1 aromatic carbocycles. The number of hydrogen-bond acceptors (Lipinski definition) is 0. The topological polar surface area (TPSA) is 0 Å². The van der Waals surface area contributed by atoms with E-state index in [4.69, 9.17) is 0 Å². The molecule has 0 unspecified atom stereocenters.